The van der Waals surface area contributed by atoms with E-state index in [1.807, 2.05) is 28.4 Å². The molecule has 3 aromatic rings. The van der Waals surface area contributed by atoms with Crippen LogP contribution >= 0.6 is 11.3 Å². The third-order valence-electron chi connectivity index (χ3n) is 3.86. The first-order chi connectivity index (χ1) is 12.3. The van der Waals surface area contributed by atoms with Gasteiger partial charge in [0, 0.05) is 30.7 Å². The molecule has 2 amide bonds. The fraction of sp³-hybridized carbons (Fsp3) is 0.176. The smallest absolute Gasteiger partial charge is 0.319 e. The number of nitrogens with one attached hydrogen (secondary N) is 2. The van der Waals surface area contributed by atoms with E-state index in [-0.39, 0.29) is 18.9 Å². The minimum atomic E-state index is -0.286. The maximum Gasteiger partial charge on any atom is 0.319 e. The fourth-order valence-electron chi connectivity index (χ4n) is 2.63. The van der Waals surface area contributed by atoms with Gasteiger partial charge in [-0.2, -0.15) is 16.4 Å². The molecule has 1 aliphatic rings. The lowest BCUT2D eigenvalue weighted by atomic mass is 10.1. The van der Waals surface area contributed by atoms with Gasteiger partial charge in [0.05, 0.1) is 6.04 Å². The summed E-state index contributed by atoms with van der Waals surface area (Å²) in [5, 5.41) is 14.1. The highest BCUT2D eigenvalue weighted by molar-refractivity contribution is 7.07. The fourth-order valence-corrected chi connectivity index (χ4v) is 3.34. The van der Waals surface area contributed by atoms with E-state index in [9.17, 15) is 4.79 Å². The molecule has 4 rings (SSSR count). The van der Waals surface area contributed by atoms with Crippen LogP contribution in [0.5, 0.6) is 11.5 Å². The zero-order chi connectivity index (χ0) is 17.1. The van der Waals surface area contributed by atoms with Crippen molar-refractivity contribution in [3.8, 4) is 11.5 Å². The van der Waals surface area contributed by atoms with Crippen LogP contribution in [0.1, 0.15) is 11.6 Å². The zero-order valence-corrected chi connectivity index (χ0v) is 14.0. The molecule has 0 fully saturated rings. The molecule has 3 heterocycles. The summed E-state index contributed by atoms with van der Waals surface area (Å²) < 4.78 is 12.4. The number of aromatic nitrogens is 2. The van der Waals surface area contributed by atoms with Crippen LogP contribution in [0.25, 0.3) is 0 Å². The van der Waals surface area contributed by atoms with Crippen molar-refractivity contribution in [2.24, 2.45) is 0 Å². The molecule has 7 nitrogen and oxygen atoms in total. The molecular weight excluding hydrogens is 340 g/mol. The monoisotopic (exact) mass is 356 g/mol. The number of urea groups is 1. The third-order valence-corrected chi connectivity index (χ3v) is 4.56. The number of carbonyl (C=O) groups is 1. The first kappa shape index (κ1) is 15.5. The van der Waals surface area contributed by atoms with Crippen molar-refractivity contribution in [1.82, 2.24) is 15.1 Å². The average molecular weight is 356 g/mol. The van der Waals surface area contributed by atoms with Gasteiger partial charge in [0.25, 0.3) is 0 Å². The summed E-state index contributed by atoms with van der Waals surface area (Å²) >= 11 is 1.62. The zero-order valence-electron chi connectivity index (χ0n) is 13.2. The molecule has 8 heteroatoms. The van der Waals surface area contributed by atoms with E-state index in [0.717, 1.165) is 5.56 Å². The van der Waals surface area contributed by atoms with E-state index in [2.05, 4.69) is 21.1 Å². The second kappa shape index (κ2) is 6.86. The van der Waals surface area contributed by atoms with Crippen LogP contribution in [-0.2, 0) is 0 Å². The number of rotatable bonds is 5. The number of benzene rings is 1. The van der Waals surface area contributed by atoms with Crippen molar-refractivity contribution in [2.45, 2.75) is 6.04 Å². The van der Waals surface area contributed by atoms with Gasteiger partial charge in [-0.1, -0.05) is 0 Å². The number of anilines is 1. The molecule has 0 radical (unpaired) electrons. The summed E-state index contributed by atoms with van der Waals surface area (Å²) in [5.41, 5.74) is 1.75. The summed E-state index contributed by atoms with van der Waals surface area (Å²) in [5.74, 6) is 1.31. The highest BCUT2D eigenvalue weighted by Crippen LogP contribution is 2.34. The summed E-state index contributed by atoms with van der Waals surface area (Å²) in [6, 6.07) is 8.86. The number of hydrogen-bond acceptors (Lipinski definition) is 5. The van der Waals surface area contributed by atoms with E-state index >= 15 is 0 Å². The molecule has 1 aromatic carbocycles. The Balaban J connectivity index is 1.40. The Morgan fingerprint density at radius 1 is 1.32 bits per heavy atom. The molecule has 0 spiro atoms. The summed E-state index contributed by atoms with van der Waals surface area (Å²) in [6.45, 7) is 0.631. The van der Waals surface area contributed by atoms with Crippen LogP contribution in [-0.4, -0.2) is 29.1 Å². The third kappa shape index (κ3) is 3.43. The Morgan fingerprint density at radius 3 is 3.04 bits per heavy atom. The van der Waals surface area contributed by atoms with Gasteiger partial charge in [-0.3, -0.25) is 4.68 Å². The molecule has 0 bridgehead atoms. The molecule has 2 aromatic heterocycles. The lowest BCUT2D eigenvalue weighted by Crippen LogP contribution is -2.34. The van der Waals surface area contributed by atoms with E-state index in [4.69, 9.17) is 9.47 Å². The van der Waals surface area contributed by atoms with Gasteiger partial charge >= 0.3 is 6.03 Å². The highest BCUT2D eigenvalue weighted by atomic mass is 32.1. The minimum absolute atomic E-state index is 0.0521. The van der Waals surface area contributed by atoms with Crippen molar-refractivity contribution in [3.63, 3.8) is 0 Å². The number of amides is 2. The van der Waals surface area contributed by atoms with E-state index in [0.29, 0.717) is 23.7 Å². The first-order valence-corrected chi connectivity index (χ1v) is 8.69. The number of hydrogen-bond donors (Lipinski definition) is 2. The topological polar surface area (TPSA) is 77.4 Å². The van der Waals surface area contributed by atoms with Crippen molar-refractivity contribution in [1.29, 1.82) is 0 Å². The van der Waals surface area contributed by atoms with Crippen LogP contribution in [0.3, 0.4) is 0 Å². The largest absolute Gasteiger partial charge is 0.454 e. The van der Waals surface area contributed by atoms with Crippen LogP contribution < -0.4 is 20.1 Å². The van der Waals surface area contributed by atoms with Gasteiger partial charge < -0.3 is 20.1 Å². The summed E-state index contributed by atoms with van der Waals surface area (Å²) in [4.78, 5) is 12.2. The lowest BCUT2D eigenvalue weighted by molar-refractivity contribution is 0.174. The van der Waals surface area contributed by atoms with Gasteiger partial charge in [0.15, 0.2) is 11.5 Å². The SMILES string of the molecule is O=C(NC[C@H](c1ccsc1)n1cccn1)Nc1ccc2c(c1)OCO2. The molecule has 0 saturated carbocycles. The quantitative estimate of drug-likeness (QED) is 0.736. The predicted octanol–water partition coefficient (Wildman–Crippen LogP) is 3.08. The Hall–Kier alpha value is -3.00. The number of fused-ring (bicyclic) bond motifs is 1. The standard InChI is InChI=1S/C17H16N4O3S/c22-17(20-13-2-3-15-16(8-13)24-11-23-15)18-9-14(12-4-7-25-10-12)21-6-1-5-19-21/h1-8,10,14H,9,11H2,(H2,18,20,22)/t14-/m1/s1. The molecule has 0 saturated heterocycles. The van der Waals surface area contributed by atoms with Gasteiger partial charge in [0.2, 0.25) is 6.79 Å². The van der Waals surface area contributed by atoms with Gasteiger partial charge in [-0.25, -0.2) is 4.79 Å². The average Bonchev–Trinajstić information content (AvgIpc) is 3.37. The number of ether oxygens (including phenoxy) is 2. The second-order valence-corrected chi connectivity index (χ2v) is 6.24. The Kier molecular flexibility index (Phi) is 4.26. The lowest BCUT2D eigenvalue weighted by Gasteiger charge is -2.17. The normalized spacial score (nSPS) is 13.4. The molecule has 25 heavy (non-hydrogen) atoms. The van der Waals surface area contributed by atoms with Crippen molar-refractivity contribution in [2.75, 3.05) is 18.7 Å². The van der Waals surface area contributed by atoms with Crippen molar-refractivity contribution < 1.29 is 14.3 Å². The molecule has 128 valence electrons. The van der Waals surface area contributed by atoms with Gasteiger partial charge in [0.1, 0.15) is 0 Å². The number of nitrogens with zero attached hydrogens (tertiary/aromatic N) is 2. The second-order valence-electron chi connectivity index (χ2n) is 5.46. The minimum Gasteiger partial charge on any atom is -0.454 e. The highest BCUT2D eigenvalue weighted by Gasteiger charge is 2.17. The first-order valence-electron chi connectivity index (χ1n) is 7.75. The molecule has 0 aliphatic carbocycles. The maximum atomic E-state index is 12.2. The molecule has 0 unspecified atom stereocenters. The Labute approximate surface area is 148 Å². The molecule has 2 N–H and O–H groups in total. The van der Waals surface area contributed by atoms with E-state index in [1.165, 1.54) is 0 Å². The maximum absolute atomic E-state index is 12.2. The van der Waals surface area contributed by atoms with Crippen LogP contribution in [0, 0.1) is 0 Å². The number of carbonyl (C=O) groups excluding carboxylic acids is 1. The van der Waals surface area contributed by atoms with Crippen LogP contribution in [0.2, 0.25) is 0 Å². The molecule has 1 aliphatic heterocycles. The Morgan fingerprint density at radius 2 is 2.24 bits per heavy atom. The molecule has 1 atom stereocenters. The van der Waals surface area contributed by atoms with Crippen molar-refractivity contribution in [3.05, 3.63) is 59.0 Å². The van der Waals surface area contributed by atoms with E-state index in [1.54, 1.807) is 35.7 Å². The van der Waals surface area contributed by atoms with E-state index < -0.39 is 0 Å². The van der Waals surface area contributed by atoms with Crippen LogP contribution in [0.15, 0.2) is 53.5 Å². The summed E-state index contributed by atoms with van der Waals surface area (Å²) in [6.07, 6.45) is 3.62. The summed E-state index contributed by atoms with van der Waals surface area (Å²) in [7, 11) is 0. The van der Waals surface area contributed by atoms with Crippen LogP contribution in [0.4, 0.5) is 10.5 Å². The van der Waals surface area contributed by atoms with Gasteiger partial charge in [-0.15, -0.1) is 0 Å². The molecular formula is C17H16N4O3S. The number of thiophene rings is 1. The Bertz CT molecular complexity index is 815. The van der Waals surface area contributed by atoms with Crippen molar-refractivity contribution >= 4 is 23.1 Å². The van der Waals surface area contributed by atoms with Gasteiger partial charge in [-0.05, 0) is 40.6 Å². The predicted molar refractivity (Wildman–Crippen MR) is 94.3 cm³/mol.